The summed E-state index contributed by atoms with van der Waals surface area (Å²) in [6.45, 7) is 6.32. The molecule has 3 rings (SSSR count). The molecule has 2 aliphatic rings. The van der Waals surface area contributed by atoms with Crippen LogP contribution >= 0.6 is 0 Å². The molecule has 26 heavy (non-hydrogen) atoms. The van der Waals surface area contributed by atoms with Crippen LogP contribution in [0.2, 0.25) is 0 Å². The highest BCUT2D eigenvalue weighted by molar-refractivity contribution is 5.79. The molecule has 0 radical (unpaired) electrons. The van der Waals surface area contributed by atoms with Crippen LogP contribution < -0.4 is 0 Å². The summed E-state index contributed by atoms with van der Waals surface area (Å²) in [5, 5.41) is 0. The Morgan fingerprint density at radius 3 is 2.88 bits per heavy atom. The van der Waals surface area contributed by atoms with E-state index in [1.807, 2.05) is 39.9 Å². The number of nitrogens with zero attached hydrogens (tertiary/aromatic N) is 4. The van der Waals surface area contributed by atoms with Crippen LogP contribution in [0.5, 0.6) is 0 Å². The second-order valence-corrected chi connectivity index (χ2v) is 7.82. The Balaban J connectivity index is 1.66. The molecule has 142 valence electrons. The van der Waals surface area contributed by atoms with Gasteiger partial charge in [0.1, 0.15) is 0 Å². The fourth-order valence-electron chi connectivity index (χ4n) is 4.13. The van der Waals surface area contributed by atoms with Gasteiger partial charge in [0.2, 0.25) is 11.8 Å². The van der Waals surface area contributed by atoms with Crippen molar-refractivity contribution in [2.24, 2.45) is 5.41 Å². The van der Waals surface area contributed by atoms with E-state index in [2.05, 4.69) is 11.9 Å². The first-order valence-corrected chi connectivity index (χ1v) is 9.65. The van der Waals surface area contributed by atoms with E-state index >= 15 is 0 Å². The fraction of sp³-hybridized carbons (Fsp3) is 0.650. The normalized spacial score (nSPS) is 23.7. The summed E-state index contributed by atoms with van der Waals surface area (Å²) in [6.07, 6.45) is 5.34. The number of pyridine rings is 1. The molecule has 2 amide bonds. The zero-order valence-electron chi connectivity index (χ0n) is 16.0. The predicted octanol–water partition coefficient (Wildman–Crippen LogP) is 1.76. The molecule has 0 N–H and O–H groups in total. The minimum atomic E-state index is 0.0430. The van der Waals surface area contributed by atoms with Crippen molar-refractivity contribution in [2.45, 2.75) is 39.2 Å². The average Bonchev–Trinajstić information content (AvgIpc) is 2.66. The van der Waals surface area contributed by atoms with Gasteiger partial charge in [0.15, 0.2) is 0 Å². The topological polar surface area (TPSA) is 56.8 Å². The molecule has 2 fully saturated rings. The Kier molecular flexibility index (Phi) is 5.91. The number of carbonyl (C=O) groups is 2. The summed E-state index contributed by atoms with van der Waals surface area (Å²) in [4.78, 5) is 35.4. The first-order valence-electron chi connectivity index (χ1n) is 9.65. The second kappa shape index (κ2) is 8.16. The van der Waals surface area contributed by atoms with Crippen molar-refractivity contribution in [3.63, 3.8) is 0 Å². The maximum Gasteiger partial charge on any atom is 0.236 e. The predicted molar refractivity (Wildman–Crippen MR) is 100 cm³/mol. The van der Waals surface area contributed by atoms with Gasteiger partial charge in [-0.1, -0.05) is 13.0 Å². The van der Waals surface area contributed by atoms with Crippen LogP contribution in [0.1, 0.15) is 38.3 Å². The zero-order valence-corrected chi connectivity index (χ0v) is 16.0. The van der Waals surface area contributed by atoms with Crippen molar-refractivity contribution in [2.75, 3.05) is 39.8 Å². The Morgan fingerprint density at radius 2 is 2.15 bits per heavy atom. The van der Waals surface area contributed by atoms with Crippen molar-refractivity contribution in [3.05, 3.63) is 30.1 Å². The molecule has 1 aromatic heterocycles. The lowest BCUT2D eigenvalue weighted by molar-refractivity contribution is -0.144. The van der Waals surface area contributed by atoms with Crippen molar-refractivity contribution >= 4 is 11.8 Å². The van der Waals surface area contributed by atoms with Gasteiger partial charge in [0, 0.05) is 37.7 Å². The lowest BCUT2D eigenvalue weighted by atomic mass is 9.73. The maximum atomic E-state index is 12.6. The molecule has 0 aromatic carbocycles. The third-order valence-corrected chi connectivity index (χ3v) is 5.79. The highest BCUT2D eigenvalue weighted by Gasteiger charge is 2.42. The molecule has 2 saturated heterocycles. The highest BCUT2D eigenvalue weighted by Crippen LogP contribution is 2.39. The zero-order chi connectivity index (χ0) is 18.6. The summed E-state index contributed by atoms with van der Waals surface area (Å²) >= 11 is 0. The Morgan fingerprint density at radius 1 is 1.31 bits per heavy atom. The lowest BCUT2D eigenvalue weighted by Gasteiger charge is -2.48. The molecule has 1 unspecified atom stereocenters. The van der Waals surface area contributed by atoms with E-state index in [0.29, 0.717) is 19.5 Å². The molecule has 1 atom stereocenters. The van der Waals surface area contributed by atoms with Gasteiger partial charge < -0.3 is 9.80 Å². The van der Waals surface area contributed by atoms with E-state index in [9.17, 15) is 9.59 Å². The standard InChI is InChI=1S/C20H30N4O2/c1-3-22(2)14-19(26)23-12-6-9-20(15-23)10-8-18(25)24(16-20)13-17-7-4-5-11-21-17/h4-5,7,11H,3,6,8-10,12-16H2,1-2H3. The third-order valence-electron chi connectivity index (χ3n) is 5.79. The second-order valence-electron chi connectivity index (χ2n) is 7.82. The van der Waals surface area contributed by atoms with Crippen LogP contribution in [0.25, 0.3) is 0 Å². The number of likely N-dealkylation sites (N-methyl/N-ethyl adjacent to an activating group) is 1. The first-order chi connectivity index (χ1) is 12.5. The monoisotopic (exact) mass is 358 g/mol. The Bertz CT molecular complexity index is 636. The van der Waals surface area contributed by atoms with Crippen molar-refractivity contribution in [3.8, 4) is 0 Å². The Labute approximate surface area is 156 Å². The number of carbonyl (C=O) groups excluding carboxylic acids is 2. The van der Waals surface area contributed by atoms with Gasteiger partial charge in [0.25, 0.3) is 0 Å². The van der Waals surface area contributed by atoms with Crippen molar-refractivity contribution in [1.82, 2.24) is 19.7 Å². The highest BCUT2D eigenvalue weighted by atomic mass is 16.2. The largest absolute Gasteiger partial charge is 0.341 e. The number of hydrogen-bond acceptors (Lipinski definition) is 4. The van der Waals surface area contributed by atoms with E-state index in [4.69, 9.17) is 0 Å². The van der Waals surface area contributed by atoms with E-state index in [-0.39, 0.29) is 17.2 Å². The minimum absolute atomic E-state index is 0.0430. The van der Waals surface area contributed by atoms with Crippen LogP contribution in [-0.2, 0) is 16.1 Å². The van der Waals surface area contributed by atoms with Gasteiger partial charge in [-0.15, -0.1) is 0 Å². The molecule has 0 aliphatic carbocycles. The molecular weight excluding hydrogens is 328 g/mol. The van der Waals surface area contributed by atoms with E-state index in [1.165, 1.54) is 0 Å². The first kappa shape index (κ1) is 18.8. The number of amides is 2. The van der Waals surface area contributed by atoms with Crippen LogP contribution in [-0.4, -0.2) is 71.3 Å². The number of likely N-dealkylation sites (tertiary alicyclic amines) is 2. The van der Waals surface area contributed by atoms with Gasteiger partial charge in [-0.05, 0) is 45.0 Å². The van der Waals surface area contributed by atoms with Gasteiger partial charge in [-0.25, -0.2) is 0 Å². The summed E-state index contributed by atoms with van der Waals surface area (Å²) in [5.74, 6) is 0.414. The minimum Gasteiger partial charge on any atom is -0.341 e. The molecule has 6 heteroatoms. The van der Waals surface area contributed by atoms with E-state index in [1.54, 1.807) is 6.20 Å². The molecule has 1 aromatic rings. The van der Waals surface area contributed by atoms with Gasteiger partial charge in [-0.3, -0.25) is 19.5 Å². The van der Waals surface area contributed by atoms with Crippen molar-refractivity contribution < 1.29 is 9.59 Å². The Hall–Kier alpha value is -1.95. The molecule has 2 aliphatic heterocycles. The smallest absolute Gasteiger partial charge is 0.236 e. The number of aromatic nitrogens is 1. The quantitative estimate of drug-likeness (QED) is 0.805. The maximum absolute atomic E-state index is 12.6. The molecule has 1 spiro atoms. The summed E-state index contributed by atoms with van der Waals surface area (Å²) < 4.78 is 0. The number of piperidine rings is 2. The van der Waals surface area contributed by atoms with E-state index < -0.39 is 0 Å². The van der Waals surface area contributed by atoms with Crippen molar-refractivity contribution in [1.29, 1.82) is 0 Å². The summed E-state index contributed by atoms with van der Waals surface area (Å²) in [5.41, 5.74) is 0.965. The number of hydrogen-bond donors (Lipinski definition) is 0. The van der Waals surface area contributed by atoms with Crippen LogP contribution in [0.4, 0.5) is 0 Å². The summed E-state index contributed by atoms with van der Waals surface area (Å²) in [6, 6.07) is 5.81. The van der Waals surface area contributed by atoms with Crippen LogP contribution in [0.15, 0.2) is 24.4 Å². The molecule has 0 bridgehead atoms. The fourth-order valence-corrected chi connectivity index (χ4v) is 4.13. The SMILES string of the molecule is CCN(C)CC(=O)N1CCCC2(CCC(=O)N(Cc3ccccn3)C2)C1. The van der Waals surface area contributed by atoms with Gasteiger partial charge in [-0.2, -0.15) is 0 Å². The van der Waals surface area contributed by atoms with Gasteiger partial charge in [0.05, 0.1) is 18.8 Å². The molecule has 6 nitrogen and oxygen atoms in total. The lowest BCUT2D eigenvalue weighted by Crippen LogP contribution is -2.55. The number of rotatable bonds is 5. The summed E-state index contributed by atoms with van der Waals surface area (Å²) in [7, 11) is 1.98. The average molecular weight is 358 g/mol. The third kappa shape index (κ3) is 4.41. The van der Waals surface area contributed by atoms with E-state index in [0.717, 1.165) is 51.1 Å². The van der Waals surface area contributed by atoms with Crippen LogP contribution in [0, 0.1) is 5.41 Å². The van der Waals surface area contributed by atoms with Gasteiger partial charge >= 0.3 is 0 Å². The van der Waals surface area contributed by atoms with Crippen LogP contribution in [0.3, 0.4) is 0 Å². The molecule has 3 heterocycles. The molecule has 0 saturated carbocycles. The molecular formula is C20H30N4O2.